The van der Waals surface area contributed by atoms with Crippen LogP contribution >= 0.6 is 11.6 Å². The molecule has 3 rings (SSSR count). The van der Waals surface area contributed by atoms with E-state index in [-0.39, 0.29) is 17.9 Å². The highest BCUT2D eigenvalue weighted by Gasteiger charge is 2.37. The van der Waals surface area contributed by atoms with Crippen molar-refractivity contribution in [3.05, 3.63) is 23.0 Å². The highest BCUT2D eigenvalue weighted by atomic mass is 35.5. The number of nitrogens with one attached hydrogen (secondary N) is 2. The SMILES string of the molecule is O=C(C1CCCN1C(=O)c1cc(Cl)c[nH]1)N1CCNCC1. The minimum absolute atomic E-state index is 0.0694. The molecule has 0 aliphatic carbocycles. The van der Waals surface area contributed by atoms with E-state index in [9.17, 15) is 9.59 Å². The van der Waals surface area contributed by atoms with Crippen molar-refractivity contribution in [2.45, 2.75) is 18.9 Å². The average Bonchev–Trinajstić information content (AvgIpc) is 3.15. The number of likely N-dealkylation sites (tertiary alicyclic amines) is 1. The summed E-state index contributed by atoms with van der Waals surface area (Å²) in [6.07, 6.45) is 3.18. The van der Waals surface area contributed by atoms with Crippen molar-refractivity contribution in [3.63, 3.8) is 0 Å². The van der Waals surface area contributed by atoms with Crippen molar-refractivity contribution in [2.75, 3.05) is 32.7 Å². The van der Waals surface area contributed by atoms with Gasteiger partial charge < -0.3 is 20.1 Å². The zero-order valence-corrected chi connectivity index (χ0v) is 12.5. The topological polar surface area (TPSA) is 68.4 Å². The first-order valence-electron chi connectivity index (χ1n) is 7.31. The quantitative estimate of drug-likeness (QED) is 0.845. The van der Waals surface area contributed by atoms with Gasteiger partial charge in [-0.25, -0.2) is 0 Å². The molecule has 7 heteroatoms. The Bertz CT molecular complexity index is 539. The van der Waals surface area contributed by atoms with Gasteiger partial charge in [0.15, 0.2) is 0 Å². The Balaban J connectivity index is 1.72. The van der Waals surface area contributed by atoms with Crippen LogP contribution in [0.4, 0.5) is 0 Å². The van der Waals surface area contributed by atoms with Crippen LogP contribution in [0.1, 0.15) is 23.3 Å². The van der Waals surface area contributed by atoms with Gasteiger partial charge in [0.1, 0.15) is 11.7 Å². The minimum atomic E-state index is -0.335. The van der Waals surface area contributed by atoms with E-state index in [0.717, 1.165) is 25.9 Å². The standard InChI is InChI=1S/C14H19ClN4O2/c15-10-8-11(17-9-10)13(20)19-5-1-2-12(19)14(21)18-6-3-16-4-7-18/h8-9,12,16-17H,1-7H2. The first kappa shape index (κ1) is 14.4. The molecule has 114 valence electrons. The monoisotopic (exact) mass is 310 g/mol. The van der Waals surface area contributed by atoms with E-state index in [1.54, 1.807) is 17.2 Å². The van der Waals surface area contributed by atoms with Crippen LogP contribution in [0.15, 0.2) is 12.3 Å². The lowest BCUT2D eigenvalue weighted by molar-refractivity contribution is -0.135. The van der Waals surface area contributed by atoms with Crippen molar-refractivity contribution in [3.8, 4) is 0 Å². The van der Waals surface area contributed by atoms with E-state index in [4.69, 9.17) is 11.6 Å². The predicted molar refractivity (Wildman–Crippen MR) is 79.3 cm³/mol. The van der Waals surface area contributed by atoms with Gasteiger partial charge >= 0.3 is 0 Å². The molecule has 0 saturated carbocycles. The van der Waals surface area contributed by atoms with Gasteiger partial charge in [-0.05, 0) is 18.9 Å². The van der Waals surface area contributed by atoms with Crippen molar-refractivity contribution < 1.29 is 9.59 Å². The summed E-state index contributed by atoms with van der Waals surface area (Å²) in [6.45, 7) is 3.69. The number of hydrogen-bond donors (Lipinski definition) is 2. The Morgan fingerprint density at radius 1 is 1.24 bits per heavy atom. The van der Waals surface area contributed by atoms with Gasteiger partial charge in [0.25, 0.3) is 5.91 Å². The molecule has 0 spiro atoms. The van der Waals surface area contributed by atoms with Crippen LogP contribution in [0.3, 0.4) is 0 Å². The van der Waals surface area contributed by atoms with E-state index in [2.05, 4.69) is 10.3 Å². The fourth-order valence-electron chi connectivity index (χ4n) is 3.01. The van der Waals surface area contributed by atoms with Gasteiger partial charge in [-0.1, -0.05) is 11.6 Å². The Kier molecular flexibility index (Phi) is 4.17. The average molecular weight is 311 g/mol. The number of rotatable bonds is 2. The van der Waals surface area contributed by atoms with Gasteiger partial charge in [-0.3, -0.25) is 9.59 Å². The third-order valence-electron chi connectivity index (χ3n) is 4.11. The Hall–Kier alpha value is -1.53. The molecule has 2 saturated heterocycles. The van der Waals surface area contributed by atoms with Crippen LogP contribution in [0.5, 0.6) is 0 Å². The van der Waals surface area contributed by atoms with Gasteiger partial charge in [0, 0.05) is 38.9 Å². The zero-order valence-electron chi connectivity index (χ0n) is 11.8. The number of halogens is 1. The maximum Gasteiger partial charge on any atom is 0.270 e. The van der Waals surface area contributed by atoms with Crippen molar-refractivity contribution in [2.24, 2.45) is 0 Å². The molecule has 2 N–H and O–H groups in total. The van der Waals surface area contributed by atoms with Gasteiger partial charge in [0.05, 0.1) is 5.02 Å². The normalized spacial score (nSPS) is 22.6. The van der Waals surface area contributed by atoms with E-state index >= 15 is 0 Å². The van der Waals surface area contributed by atoms with E-state index in [1.807, 2.05) is 4.90 Å². The molecule has 21 heavy (non-hydrogen) atoms. The largest absolute Gasteiger partial charge is 0.356 e. The summed E-state index contributed by atoms with van der Waals surface area (Å²) in [5, 5.41) is 3.73. The number of H-pyrrole nitrogens is 1. The molecule has 2 fully saturated rings. The third kappa shape index (κ3) is 2.91. The summed E-state index contributed by atoms with van der Waals surface area (Å²) < 4.78 is 0. The van der Waals surface area contributed by atoms with Crippen LogP contribution < -0.4 is 5.32 Å². The number of carbonyl (C=O) groups is 2. The third-order valence-corrected chi connectivity index (χ3v) is 4.32. The molecule has 3 heterocycles. The van der Waals surface area contributed by atoms with E-state index in [1.165, 1.54) is 0 Å². The zero-order chi connectivity index (χ0) is 14.8. The van der Waals surface area contributed by atoms with Crippen molar-refractivity contribution in [1.82, 2.24) is 20.1 Å². The number of piperazine rings is 1. The van der Waals surface area contributed by atoms with Crippen molar-refractivity contribution in [1.29, 1.82) is 0 Å². The molecule has 0 bridgehead atoms. The van der Waals surface area contributed by atoms with Crippen LogP contribution in [-0.2, 0) is 4.79 Å². The maximum atomic E-state index is 12.6. The van der Waals surface area contributed by atoms with Crippen LogP contribution in [0, 0.1) is 0 Å². The molecule has 2 aliphatic rings. The molecule has 6 nitrogen and oxygen atoms in total. The summed E-state index contributed by atoms with van der Waals surface area (Å²) in [4.78, 5) is 31.5. The fraction of sp³-hybridized carbons (Fsp3) is 0.571. The van der Waals surface area contributed by atoms with Crippen LogP contribution in [0.25, 0.3) is 0 Å². The second-order valence-electron chi connectivity index (χ2n) is 5.46. The number of hydrogen-bond acceptors (Lipinski definition) is 3. The summed E-state index contributed by atoms with van der Waals surface area (Å²) in [6, 6.07) is 1.27. The molecule has 1 unspecified atom stereocenters. The lowest BCUT2D eigenvalue weighted by atomic mass is 10.1. The highest BCUT2D eigenvalue weighted by molar-refractivity contribution is 6.31. The summed E-state index contributed by atoms with van der Waals surface area (Å²) in [7, 11) is 0. The smallest absolute Gasteiger partial charge is 0.270 e. The van der Waals surface area contributed by atoms with Crippen LogP contribution in [0.2, 0.25) is 5.02 Å². The molecule has 2 aliphatic heterocycles. The highest BCUT2D eigenvalue weighted by Crippen LogP contribution is 2.23. The summed E-state index contributed by atoms with van der Waals surface area (Å²) in [5.41, 5.74) is 0.444. The summed E-state index contributed by atoms with van der Waals surface area (Å²) in [5.74, 6) is -0.0760. The van der Waals surface area contributed by atoms with E-state index < -0.39 is 0 Å². The molecular weight excluding hydrogens is 292 g/mol. The second kappa shape index (κ2) is 6.07. The molecule has 0 aromatic carbocycles. The van der Waals surface area contributed by atoms with E-state index in [0.29, 0.717) is 30.4 Å². The maximum absolute atomic E-state index is 12.6. The Morgan fingerprint density at radius 2 is 2.00 bits per heavy atom. The minimum Gasteiger partial charge on any atom is -0.356 e. The first-order chi connectivity index (χ1) is 10.2. The van der Waals surface area contributed by atoms with Crippen LogP contribution in [-0.4, -0.2) is 65.4 Å². The number of aromatic nitrogens is 1. The number of aromatic amines is 1. The second-order valence-corrected chi connectivity index (χ2v) is 5.90. The van der Waals surface area contributed by atoms with Gasteiger partial charge in [0.2, 0.25) is 5.91 Å². The van der Waals surface area contributed by atoms with Gasteiger partial charge in [-0.15, -0.1) is 0 Å². The number of amides is 2. The Labute approximate surface area is 128 Å². The lowest BCUT2D eigenvalue weighted by Gasteiger charge is -2.32. The van der Waals surface area contributed by atoms with Gasteiger partial charge in [-0.2, -0.15) is 0 Å². The van der Waals surface area contributed by atoms with Crippen molar-refractivity contribution >= 4 is 23.4 Å². The molecule has 1 aromatic rings. The molecule has 1 atom stereocenters. The molecule has 2 amide bonds. The molecule has 1 aromatic heterocycles. The lowest BCUT2D eigenvalue weighted by Crippen LogP contribution is -2.53. The summed E-state index contributed by atoms with van der Waals surface area (Å²) >= 11 is 5.85. The first-order valence-corrected chi connectivity index (χ1v) is 7.69. The molecular formula is C14H19ClN4O2. The fourth-order valence-corrected chi connectivity index (χ4v) is 3.17. The number of carbonyl (C=O) groups excluding carboxylic acids is 2. The molecule has 0 radical (unpaired) electrons. The predicted octanol–water partition coefficient (Wildman–Crippen LogP) is 0.705. The number of nitrogens with zero attached hydrogens (tertiary/aromatic N) is 2. The Morgan fingerprint density at radius 3 is 2.67 bits per heavy atom.